The molecule has 0 aliphatic carbocycles. The number of hydrogen-bond donors (Lipinski definition) is 1. The van der Waals surface area contributed by atoms with E-state index in [1.165, 1.54) is 23.1 Å². The largest absolute Gasteiger partial charge is 0.479 e. The third-order valence-corrected chi connectivity index (χ3v) is 3.96. The molecule has 0 radical (unpaired) electrons. The molecule has 0 fully saturated rings. The van der Waals surface area contributed by atoms with E-state index in [1.807, 2.05) is 0 Å². The fourth-order valence-electron chi connectivity index (χ4n) is 2.75. The van der Waals surface area contributed by atoms with E-state index in [0.29, 0.717) is 28.6 Å². The number of alkyl halides is 3. The maximum atomic E-state index is 12.7. The molecular formula is C16H14F3N3O4. The molecule has 0 saturated carbocycles. The van der Waals surface area contributed by atoms with Gasteiger partial charge in [0.2, 0.25) is 0 Å². The second-order valence-corrected chi connectivity index (χ2v) is 5.65. The number of anilines is 1. The molecule has 0 bridgehead atoms. The Kier molecular flexibility index (Phi) is 4.13. The fourth-order valence-corrected chi connectivity index (χ4v) is 2.75. The number of aromatic amines is 1. The second kappa shape index (κ2) is 6.04. The van der Waals surface area contributed by atoms with Crippen LogP contribution in [0.4, 0.5) is 18.9 Å². The molecule has 1 aromatic carbocycles. The molecule has 1 unspecified atom stereocenters. The van der Waals surface area contributed by atoms with Crippen molar-refractivity contribution in [3.8, 4) is 11.4 Å². The van der Waals surface area contributed by atoms with Crippen LogP contribution < -0.4 is 20.9 Å². The highest BCUT2D eigenvalue weighted by molar-refractivity contribution is 6.00. The average Bonchev–Trinajstić information content (AvgIpc) is 2.55. The van der Waals surface area contributed by atoms with Gasteiger partial charge in [-0.3, -0.25) is 9.59 Å². The van der Waals surface area contributed by atoms with Gasteiger partial charge in [0.1, 0.15) is 11.4 Å². The Morgan fingerprint density at radius 2 is 1.88 bits per heavy atom. The van der Waals surface area contributed by atoms with E-state index in [9.17, 15) is 27.6 Å². The van der Waals surface area contributed by atoms with Crippen LogP contribution in [0.1, 0.15) is 19.5 Å². The van der Waals surface area contributed by atoms with Crippen molar-refractivity contribution >= 4 is 11.6 Å². The van der Waals surface area contributed by atoms with Gasteiger partial charge in [-0.1, -0.05) is 0 Å². The van der Waals surface area contributed by atoms with Gasteiger partial charge in [-0.25, -0.2) is 9.36 Å². The lowest BCUT2D eigenvalue weighted by molar-refractivity contribution is -0.141. The van der Waals surface area contributed by atoms with Gasteiger partial charge in [-0.2, -0.15) is 13.2 Å². The number of carbonyl (C=O) groups excluding carboxylic acids is 1. The Morgan fingerprint density at radius 1 is 1.19 bits per heavy atom. The number of amides is 1. The zero-order chi connectivity index (χ0) is 19.2. The summed E-state index contributed by atoms with van der Waals surface area (Å²) in [4.78, 5) is 39.4. The lowest BCUT2D eigenvalue weighted by atomic mass is 10.1. The third-order valence-electron chi connectivity index (χ3n) is 3.96. The topological polar surface area (TPSA) is 84.4 Å². The van der Waals surface area contributed by atoms with Gasteiger partial charge in [0.05, 0.1) is 11.4 Å². The predicted molar refractivity (Wildman–Crippen MR) is 85.8 cm³/mol. The van der Waals surface area contributed by atoms with Crippen LogP contribution >= 0.6 is 0 Å². The predicted octanol–water partition coefficient (Wildman–Crippen LogP) is 1.68. The minimum absolute atomic E-state index is 0.0214. The Labute approximate surface area is 144 Å². The molecule has 0 spiro atoms. The smallest absolute Gasteiger partial charge is 0.431 e. The molecule has 1 amide bonds. The first-order valence-corrected chi connectivity index (χ1v) is 7.69. The highest BCUT2D eigenvalue weighted by Crippen LogP contribution is 2.35. The van der Waals surface area contributed by atoms with Gasteiger partial charge in [0.25, 0.3) is 11.5 Å². The molecule has 0 saturated heterocycles. The zero-order valence-electron chi connectivity index (χ0n) is 13.8. The van der Waals surface area contributed by atoms with E-state index in [4.69, 9.17) is 4.74 Å². The number of benzene rings is 1. The average molecular weight is 369 g/mol. The minimum Gasteiger partial charge on any atom is -0.479 e. The van der Waals surface area contributed by atoms with E-state index in [-0.39, 0.29) is 11.6 Å². The Hall–Kier alpha value is -3.04. The lowest BCUT2D eigenvalue weighted by Gasteiger charge is -2.32. The number of H-pyrrole nitrogens is 1. The van der Waals surface area contributed by atoms with Crippen LogP contribution in [-0.2, 0) is 11.0 Å². The van der Waals surface area contributed by atoms with Gasteiger partial charge in [-0.15, -0.1) is 0 Å². The van der Waals surface area contributed by atoms with E-state index >= 15 is 0 Å². The molecule has 138 valence electrons. The zero-order valence-corrected chi connectivity index (χ0v) is 13.8. The summed E-state index contributed by atoms with van der Waals surface area (Å²) in [7, 11) is 0. The van der Waals surface area contributed by atoms with Crippen molar-refractivity contribution in [1.29, 1.82) is 0 Å². The summed E-state index contributed by atoms with van der Waals surface area (Å²) in [6.07, 6.45) is -5.53. The molecule has 3 rings (SSSR count). The molecular weight excluding hydrogens is 355 g/mol. The molecule has 1 aromatic heterocycles. The quantitative estimate of drug-likeness (QED) is 0.873. The van der Waals surface area contributed by atoms with E-state index in [0.717, 1.165) is 0 Å². The number of halogens is 3. The number of hydrogen-bond acceptors (Lipinski definition) is 4. The standard InChI is InChI=1S/C16H14F3N3O4/c1-3-21-10-6-9(4-5-11(10)26-8(2)14(21)24)22-13(23)7-12(16(17,18)19)20-15(22)25/h4-8H,3H2,1-2H3,(H,20,25). The van der Waals surface area contributed by atoms with Crippen molar-refractivity contribution in [1.82, 2.24) is 9.55 Å². The van der Waals surface area contributed by atoms with Gasteiger partial charge in [-0.05, 0) is 32.0 Å². The molecule has 1 aliphatic rings. The number of ether oxygens (including phenoxy) is 1. The van der Waals surface area contributed by atoms with Crippen molar-refractivity contribution in [3.63, 3.8) is 0 Å². The summed E-state index contributed by atoms with van der Waals surface area (Å²) < 4.78 is 44.2. The first-order valence-electron chi connectivity index (χ1n) is 7.69. The van der Waals surface area contributed by atoms with Crippen molar-refractivity contribution in [2.24, 2.45) is 0 Å². The Morgan fingerprint density at radius 3 is 2.46 bits per heavy atom. The number of nitrogens with zero attached hydrogens (tertiary/aromatic N) is 2. The number of likely N-dealkylation sites (N-methyl/N-ethyl adjacent to an activating group) is 1. The maximum Gasteiger partial charge on any atom is 0.431 e. The summed E-state index contributed by atoms with van der Waals surface area (Å²) in [6.45, 7) is 3.65. The minimum atomic E-state index is -4.84. The molecule has 1 atom stereocenters. The van der Waals surface area contributed by atoms with Crippen LogP contribution in [0.5, 0.6) is 5.75 Å². The van der Waals surface area contributed by atoms with Gasteiger partial charge < -0.3 is 14.6 Å². The van der Waals surface area contributed by atoms with Gasteiger partial charge in [0.15, 0.2) is 6.10 Å². The maximum absolute atomic E-state index is 12.7. The number of rotatable bonds is 2. The summed E-state index contributed by atoms with van der Waals surface area (Å²) in [5.41, 5.74) is -3.44. The van der Waals surface area contributed by atoms with Crippen LogP contribution in [0.25, 0.3) is 5.69 Å². The van der Waals surface area contributed by atoms with Crippen LogP contribution in [0.15, 0.2) is 33.9 Å². The van der Waals surface area contributed by atoms with Gasteiger partial charge in [0, 0.05) is 12.6 Å². The van der Waals surface area contributed by atoms with E-state index in [1.54, 1.807) is 18.8 Å². The van der Waals surface area contributed by atoms with Crippen LogP contribution in [0.2, 0.25) is 0 Å². The molecule has 2 aromatic rings. The first-order chi connectivity index (χ1) is 12.1. The summed E-state index contributed by atoms with van der Waals surface area (Å²) in [5, 5.41) is 0. The molecule has 26 heavy (non-hydrogen) atoms. The Bertz CT molecular complexity index is 962. The molecule has 2 heterocycles. The van der Waals surface area contributed by atoms with Crippen LogP contribution in [0, 0.1) is 0 Å². The first kappa shape index (κ1) is 17.8. The van der Waals surface area contributed by atoms with Crippen molar-refractivity contribution < 1.29 is 22.7 Å². The van der Waals surface area contributed by atoms with Gasteiger partial charge >= 0.3 is 11.9 Å². The van der Waals surface area contributed by atoms with Crippen molar-refractivity contribution in [3.05, 3.63) is 50.8 Å². The summed E-state index contributed by atoms with van der Waals surface area (Å²) in [6, 6.07) is 4.48. The molecule has 1 aliphatic heterocycles. The number of carbonyl (C=O) groups is 1. The molecule has 10 heteroatoms. The monoisotopic (exact) mass is 369 g/mol. The molecule has 7 nitrogen and oxygen atoms in total. The van der Waals surface area contributed by atoms with E-state index in [2.05, 4.69) is 0 Å². The summed E-state index contributed by atoms with van der Waals surface area (Å²) in [5.74, 6) is 0.0740. The van der Waals surface area contributed by atoms with Crippen molar-refractivity contribution in [2.45, 2.75) is 26.1 Å². The third kappa shape index (κ3) is 2.87. The number of nitrogens with one attached hydrogen (secondary N) is 1. The Balaban J connectivity index is 2.16. The highest BCUT2D eigenvalue weighted by atomic mass is 19.4. The number of aromatic nitrogens is 2. The van der Waals surface area contributed by atoms with Crippen molar-refractivity contribution in [2.75, 3.05) is 11.4 Å². The van der Waals surface area contributed by atoms with Crippen LogP contribution in [0.3, 0.4) is 0 Å². The SMILES string of the molecule is CCN1C(=O)C(C)Oc2ccc(-n3c(=O)cc(C(F)(F)F)[nH]c3=O)cc21. The number of fused-ring (bicyclic) bond motifs is 1. The fraction of sp³-hybridized carbons (Fsp3) is 0.312. The van der Waals surface area contributed by atoms with E-state index < -0.39 is 29.2 Å². The van der Waals surface area contributed by atoms with Crippen LogP contribution in [-0.4, -0.2) is 28.1 Å². The molecule has 1 N–H and O–H groups in total. The summed E-state index contributed by atoms with van der Waals surface area (Å²) >= 11 is 0. The second-order valence-electron chi connectivity index (χ2n) is 5.65. The normalized spacial score (nSPS) is 17.0. The lowest BCUT2D eigenvalue weighted by Crippen LogP contribution is -2.44. The highest BCUT2D eigenvalue weighted by Gasteiger charge is 2.34.